The number of hydrogen-bond acceptors (Lipinski definition) is 8. The number of primary amides is 1. The predicted octanol–water partition coefficient (Wildman–Crippen LogP) is 3.77. The predicted molar refractivity (Wildman–Crippen MR) is 189 cm³/mol. The second-order valence-corrected chi connectivity index (χ2v) is 16.0. The Bertz CT molecular complexity index is 2040. The van der Waals surface area contributed by atoms with Crippen molar-refractivity contribution in [3.05, 3.63) is 100 Å². The molecule has 0 aliphatic carbocycles. The first kappa shape index (κ1) is 42.8. The highest BCUT2D eigenvalue weighted by molar-refractivity contribution is 7.91. The number of aromatic nitrogens is 1. The summed E-state index contributed by atoms with van der Waals surface area (Å²) in [6, 6.07) is 13.2. The molecule has 3 aromatic rings. The molecule has 1 fully saturated rings. The molecule has 296 valence electrons. The van der Waals surface area contributed by atoms with Crippen molar-refractivity contribution >= 4 is 50.9 Å². The van der Waals surface area contributed by atoms with E-state index < -0.39 is 106 Å². The van der Waals surface area contributed by atoms with Crippen molar-refractivity contribution < 1.29 is 54.3 Å². The third-order valence-electron chi connectivity index (χ3n) is 8.93. The normalized spacial score (nSPS) is 17.4. The molecular formula is C36H37ClF5N5O7S. The maximum atomic E-state index is 15.0. The lowest BCUT2D eigenvalue weighted by Gasteiger charge is -2.31. The molecule has 0 bridgehead atoms. The van der Waals surface area contributed by atoms with Crippen molar-refractivity contribution in [2.75, 3.05) is 13.1 Å². The highest BCUT2D eigenvalue weighted by Gasteiger charge is 2.53. The maximum absolute atomic E-state index is 15.0. The van der Waals surface area contributed by atoms with Gasteiger partial charge in [-0.2, -0.15) is 22.0 Å². The third kappa shape index (κ3) is 10.6. The van der Waals surface area contributed by atoms with Crippen LogP contribution in [-0.2, 0) is 41.2 Å². The second kappa shape index (κ2) is 17.2. The van der Waals surface area contributed by atoms with Crippen LogP contribution in [0.1, 0.15) is 53.4 Å². The Hall–Kier alpha value is -4.97. The lowest BCUT2D eigenvalue weighted by Crippen LogP contribution is -2.59. The molecule has 2 heterocycles. The van der Waals surface area contributed by atoms with Crippen molar-refractivity contribution in [2.24, 2.45) is 11.7 Å². The van der Waals surface area contributed by atoms with E-state index in [4.69, 9.17) is 17.3 Å². The van der Waals surface area contributed by atoms with Crippen molar-refractivity contribution in [1.82, 2.24) is 20.5 Å². The zero-order chi connectivity index (χ0) is 40.9. The molecule has 12 nitrogen and oxygen atoms in total. The molecule has 0 spiro atoms. The summed E-state index contributed by atoms with van der Waals surface area (Å²) in [5, 5.41) is 1.96. The van der Waals surface area contributed by atoms with Crippen LogP contribution in [0.15, 0.2) is 72.9 Å². The molecule has 0 radical (unpaired) electrons. The topological polar surface area (TPSA) is 186 Å². The summed E-state index contributed by atoms with van der Waals surface area (Å²) in [5.74, 6) is -16.0. The molecule has 4 N–H and O–H groups in total. The number of nitrogens with two attached hydrogens (primary N) is 1. The van der Waals surface area contributed by atoms with Crippen molar-refractivity contribution in [2.45, 2.75) is 67.8 Å². The van der Waals surface area contributed by atoms with E-state index in [0.29, 0.717) is 16.1 Å². The Morgan fingerprint density at radius 3 is 2.22 bits per heavy atom. The lowest BCUT2D eigenvalue weighted by atomic mass is 9.89. The Morgan fingerprint density at radius 1 is 0.964 bits per heavy atom. The van der Waals surface area contributed by atoms with Crippen LogP contribution in [0.3, 0.4) is 0 Å². The van der Waals surface area contributed by atoms with Gasteiger partial charge in [0.25, 0.3) is 11.8 Å². The molecule has 55 heavy (non-hydrogen) atoms. The third-order valence-corrected chi connectivity index (χ3v) is 11.3. The SMILES string of the molecule is CC(C)[C@H](NC(=O)[C@@H]1C[C@@H](S(=O)(=O)Cc2ccccc2)CN1C(=O)[C@@H](Cc1cccc(Cl)c1)c1cccnc1C(N)=O)C(=O)C(F)(F)C(=O)NCC(F)(F)F. The van der Waals surface area contributed by atoms with Crippen LogP contribution in [-0.4, -0.2) is 90.2 Å². The van der Waals surface area contributed by atoms with Gasteiger partial charge >= 0.3 is 12.1 Å². The van der Waals surface area contributed by atoms with E-state index >= 15 is 8.78 Å². The number of halogens is 6. The minimum atomic E-state index is -5.07. The fourth-order valence-corrected chi connectivity index (χ4v) is 8.16. The van der Waals surface area contributed by atoms with Gasteiger partial charge in [-0.25, -0.2) is 8.42 Å². The summed E-state index contributed by atoms with van der Waals surface area (Å²) >= 11 is 6.19. The van der Waals surface area contributed by atoms with Gasteiger partial charge in [-0.1, -0.05) is 74.0 Å². The second-order valence-electron chi connectivity index (χ2n) is 13.3. The quantitative estimate of drug-likeness (QED) is 0.153. The number of nitrogens with one attached hydrogen (secondary N) is 2. The van der Waals surface area contributed by atoms with Crippen molar-refractivity contribution in [3.63, 3.8) is 0 Å². The lowest BCUT2D eigenvalue weighted by molar-refractivity contribution is -0.165. The summed E-state index contributed by atoms with van der Waals surface area (Å²) in [5.41, 5.74) is 6.19. The summed E-state index contributed by atoms with van der Waals surface area (Å²) in [4.78, 5) is 71.3. The number of amides is 4. The largest absolute Gasteiger partial charge is 0.405 e. The minimum Gasteiger partial charge on any atom is -0.364 e. The monoisotopic (exact) mass is 813 g/mol. The molecule has 1 aliphatic heterocycles. The summed E-state index contributed by atoms with van der Waals surface area (Å²) in [6.07, 6.45) is -4.54. The van der Waals surface area contributed by atoms with Crippen molar-refractivity contribution in [3.8, 4) is 0 Å². The molecule has 1 aliphatic rings. The fourth-order valence-electron chi connectivity index (χ4n) is 6.19. The van der Waals surface area contributed by atoms with Gasteiger partial charge < -0.3 is 21.3 Å². The fraction of sp³-hybridized carbons (Fsp3) is 0.389. The first-order valence-electron chi connectivity index (χ1n) is 16.7. The van der Waals surface area contributed by atoms with Gasteiger partial charge in [0.1, 0.15) is 18.3 Å². The number of likely N-dealkylation sites (tertiary alicyclic amines) is 1. The molecule has 4 rings (SSSR count). The standard InChI is InChI=1S/C36H37ClF5N5O7S/c1-20(2)28(30(48)36(41,42)34(52)45-19-35(38,39)40)46-32(50)27-16-24(55(53,54)18-21-8-4-3-5-9-21)17-47(27)33(51)26(15-22-10-6-11-23(37)14-22)25-12-7-13-44-29(25)31(43)49/h3-14,20,24,26-28H,15-19H2,1-2H3,(H2,43,49)(H,45,52)(H,46,50)/t24-,26+,27+,28+/m1/s1. The Balaban J connectivity index is 1.75. The number of sulfone groups is 1. The molecule has 1 aromatic heterocycles. The number of ketones is 1. The van der Waals surface area contributed by atoms with E-state index in [1.54, 1.807) is 48.5 Å². The van der Waals surface area contributed by atoms with Gasteiger partial charge in [0.15, 0.2) is 9.84 Å². The van der Waals surface area contributed by atoms with Gasteiger partial charge in [-0.05, 0) is 53.6 Å². The van der Waals surface area contributed by atoms with Gasteiger partial charge in [0, 0.05) is 17.8 Å². The molecule has 0 unspecified atom stereocenters. The van der Waals surface area contributed by atoms with Crippen LogP contribution in [0.4, 0.5) is 22.0 Å². The molecule has 1 saturated heterocycles. The smallest absolute Gasteiger partial charge is 0.364 e. The van der Waals surface area contributed by atoms with E-state index in [2.05, 4.69) is 10.3 Å². The number of carbonyl (C=O) groups excluding carboxylic acids is 5. The Kier molecular flexibility index (Phi) is 13.4. The highest BCUT2D eigenvalue weighted by Crippen LogP contribution is 2.33. The maximum Gasteiger partial charge on any atom is 0.405 e. The number of Topliss-reactive ketones (excluding diaryl/α,β-unsaturated/α-hetero) is 1. The number of alkyl halides is 5. The average molecular weight is 814 g/mol. The molecule has 0 saturated carbocycles. The Labute approximate surface area is 317 Å². The van der Waals surface area contributed by atoms with Crippen molar-refractivity contribution in [1.29, 1.82) is 0 Å². The van der Waals surface area contributed by atoms with Crippen LogP contribution in [0.25, 0.3) is 0 Å². The zero-order valence-electron chi connectivity index (χ0n) is 29.4. The number of carbonyl (C=O) groups is 5. The van der Waals surface area contributed by atoms with Crippen LogP contribution in [0.5, 0.6) is 0 Å². The summed E-state index contributed by atoms with van der Waals surface area (Å²) < 4.78 is 95.5. The number of pyridine rings is 1. The molecule has 19 heteroatoms. The van der Waals surface area contributed by atoms with Gasteiger partial charge in [0.2, 0.25) is 17.6 Å². The van der Waals surface area contributed by atoms with E-state index in [1.807, 2.05) is 0 Å². The first-order valence-corrected chi connectivity index (χ1v) is 18.8. The summed E-state index contributed by atoms with van der Waals surface area (Å²) in [7, 11) is -4.15. The van der Waals surface area contributed by atoms with E-state index in [-0.39, 0.29) is 17.7 Å². The van der Waals surface area contributed by atoms with Crippen LogP contribution in [0, 0.1) is 5.92 Å². The first-order chi connectivity index (χ1) is 25.6. The van der Waals surface area contributed by atoms with Crippen LogP contribution in [0.2, 0.25) is 5.02 Å². The molecular weight excluding hydrogens is 777 g/mol. The molecule has 4 amide bonds. The van der Waals surface area contributed by atoms with Gasteiger partial charge in [-0.15, -0.1) is 0 Å². The number of nitrogens with zero attached hydrogens (tertiary/aromatic N) is 2. The number of hydrogen-bond donors (Lipinski definition) is 3. The van der Waals surface area contributed by atoms with Gasteiger partial charge in [0.05, 0.1) is 23.0 Å². The summed E-state index contributed by atoms with van der Waals surface area (Å²) in [6.45, 7) is -0.311. The Morgan fingerprint density at radius 2 is 1.62 bits per heavy atom. The average Bonchev–Trinajstić information content (AvgIpc) is 3.58. The van der Waals surface area contributed by atoms with E-state index in [0.717, 1.165) is 10.2 Å². The molecule has 4 atom stereocenters. The van der Waals surface area contributed by atoms with Gasteiger partial charge in [-0.3, -0.25) is 29.0 Å². The number of benzene rings is 2. The van der Waals surface area contributed by atoms with Crippen LogP contribution >= 0.6 is 11.6 Å². The van der Waals surface area contributed by atoms with E-state index in [1.165, 1.54) is 38.2 Å². The highest BCUT2D eigenvalue weighted by atomic mass is 35.5. The zero-order valence-corrected chi connectivity index (χ0v) is 30.9. The van der Waals surface area contributed by atoms with E-state index in [9.17, 15) is 45.6 Å². The van der Waals surface area contributed by atoms with Crippen LogP contribution < -0.4 is 16.4 Å². The molecule has 2 aromatic carbocycles. The number of rotatable bonds is 15. The minimum absolute atomic E-state index is 0.0227.